The number of carbonyl (C=O) groups excluding carboxylic acids is 1. The number of likely N-dealkylation sites (tertiary alicyclic amines) is 1. The molecule has 1 aliphatic heterocycles. The Balaban J connectivity index is 0.00000169. The van der Waals surface area contributed by atoms with Crippen molar-refractivity contribution in [1.29, 1.82) is 0 Å². The Morgan fingerprint density at radius 2 is 1.92 bits per heavy atom. The predicted octanol–water partition coefficient (Wildman–Crippen LogP) is 3.54. The molecule has 1 atom stereocenters. The number of carbonyl (C=O) groups is 1. The molecule has 1 fully saturated rings. The maximum absolute atomic E-state index is 12.3. The summed E-state index contributed by atoms with van der Waals surface area (Å²) < 4.78 is 5.23. The van der Waals surface area contributed by atoms with Gasteiger partial charge in [-0.1, -0.05) is 30.3 Å². The summed E-state index contributed by atoms with van der Waals surface area (Å²) in [6.07, 6.45) is 3.40. The smallest absolute Gasteiger partial charge is 0.254 e. The van der Waals surface area contributed by atoms with Crippen LogP contribution in [-0.4, -0.2) is 29.9 Å². The lowest BCUT2D eigenvalue weighted by Gasteiger charge is -2.36. The summed E-state index contributed by atoms with van der Waals surface area (Å²) in [6.45, 7) is 4.53. The van der Waals surface area contributed by atoms with Crippen LogP contribution < -0.4 is 11.1 Å². The Labute approximate surface area is 167 Å². The molecule has 7 heteroatoms. The Kier molecular flexibility index (Phi) is 9.16. The van der Waals surface area contributed by atoms with Crippen LogP contribution in [0.5, 0.6) is 0 Å². The van der Waals surface area contributed by atoms with Gasteiger partial charge in [0.1, 0.15) is 12.0 Å². The maximum Gasteiger partial charge on any atom is 0.254 e. The molecule has 1 aromatic carbocycles. The van der Waals surface area contributed by atoms with Crippen molar-refractivity contribution in [2.75, 3.05) is 13.1 Å². The monoisotopic (exact) mass is 399 g/mol. The Morgan fingerprint density at radius 3 is 2.50 bits per heavy atom. The summed E-state index contributed by atoms with van der Waals surface area (Å²) in [5, 5.41) is 3.11. The molecule has 0 aliphatic carbocycles. The van der Waals surface area contributed by atoms with E-state index in [4.69, 9.17) is 10.2 Å². The zero-order valence-corrected chi connectivity index (χ0v) is 16.5. The number of amides is 1. The van der Waals surface area contributed by atoms with Crippen LogP contribution in [0.2, 0.25) is 0 Å². The predicted molar refractivity (Wildman–Crippen MR) is 108 cm³/mol. The van der Waals surface area contributed by atoms with E-state index in [2.05, 4.69) is 41.4 Å². The van der Waals surface area contributed by atoms with Gasteiger partial charge in [0.2, 0.25) is 0 Å². The van der Waals surface area contributed by atoms with Crippen molar-refractivity contribution >= 4 is 30.7 Å². The van der Waals surface area contributed by atoms with Gasteiger partial charge in [0.25, 0.3) is 5.91 Å². The number of benzene rings is 1. The summed E-state index contributed by atoms with van der Waals surface area (Å²) in [6, 6.07) is 12.9. The van der Waals surface area contributed by atoms with E-state index >= 15 is 0 Å². The molecule has 0 saturated carbocycles. The highest BCUT2D eigenvalue weighted by atomic mass is 35.5. The Bertz CT molecular complexity index is 670. The van der Waals surface area contributed by atoms with Gasteiger partial charge in [-0.25, -0.2) is 0 Å². The standard InChI is InChI=1S/C19H25N3O2.2ClH/c1-14(15-5-3-2-4-6-15)22-9-7-17(8-10-22)21-19(23)16-11-18(12-20)24-13-16;;/h2-6,11,13-14,17H,7-10,12,20H2,1H3,(H,21,23);2*1H. The third kappa shape index (κ3) is 5.48. The second-order valence-corrected chi connectivity index (χ2v) is 6.38. The Hall–Kier alpha value is -1.53. The molecule has 3 rings (SSSR count). The van der Waals surface area contributed by atoms with Crippen LogP contribution in [0, 0.1) is 0 Å². The van der Waals surface area contributed by atoms with Gasteiger partial charge in [-0.15, -0.1) is 24.8 Å². The SMILES string of the molecule is CC(c1ccccc1)N1CCC(NC(=O)c2coc(CN)c2)CC1.Cl.Cl. The van der Waals surface area contributed by atoms with Crippen molar-refractivity contribution in [3.8, 4) is 0 Å². The minimum atomic E-state index is -0.0759. The molecular weight excluding hydrogens is 373 g/mol. The van der Waals surface area contributed by atoms with Gasteiger partial charge in [0.05, 0.1) is 12.1 Å². The van der Waals surface area contributed by atoms with E-state index in [0.717, 1.165) is 25.9 Å². The topological polar surface area (TPSA) is 71.5 Å². The molecule has 26 heavy (non-hydrogen) atoms. The summed E-state index contributed by atoms with van der Waals surface area (Å²) in [5.74, 6) is 0.555. The summed E-state index contributed by atoms with van der Waals surface area (Å²) >= 11 is 0. The van der Waals surface area contributed by atoms with E-state index in [1.807, 2.05) is 6.07 Å². The first-order chi connectivity index (χ1) is 11.7. The van der Waals surface area contributed by atoms with Crippen molar-refractivity contribution in [3.63, 3.8) is 0 Å². The molecule has 2 aromatic rings. The van der Waals surface area contributed by atoms with Gasteiger partial charge in [0, 0.05) is 25.2 Å². The first-order valence-corrected chi connectivity index (χ1v) is 8.54. The molecule has 1 unspecified atom stereocenters. The van der Waals surface area contributed by atoms with Crippen molar-refractivity contribution in [2.24, 2.45) is 5.73 Å². The molecule has 1 amide bonds. The summed E-state index contributed by atoms with van der Waals surface area (Å²) in [5.41, 5.74) is 7.40. The number of piperidine rings is 1. The zero-order chi connectivity index (χ0) is 16.9. The van der Waals surface area contributed by atoms with E-state index in [0.29, 0.717) is 23.9 Å². The largest absolute Gasteiger partial charge is 0.467 e. The second-order valence-electron chi connectivity index (χ2n) is 6.38. The van der Waals surface area contributed by atoms with Crippen LogP contribution in [-0.2, 0) is 6.54 Å². The fourth-order valence-electron chi connectivity index (χ4n) is 3.25. The van der Waals surface area contributed by atoms with E-state index in [-0.39, 0.29) is 36.8 Å². The van der Waals surface area contributed by atoms with Crippen LogP contribution >= 0.6 is 24.8 Å². The van der Waals surface area contributed by atoms with Crippen LogP contribution in [0.25, 0.3) is 0 Å². The molecule has 1 aromatic heterocycles. The summed E-state index contributed by atoms with van der Waals surface area (Å²) in [4.78, 5) is 14.7. The van der Waals surface area contributed by atoms with E-state index < -0.39 is 0 Å². The van der Waals surface area contributed by atoms with E-state index in [1.54, 1.807) is 6.07 Å². The Morgan fingerprint density at radius 1 is 1.27 bits per heavy atom. The maximum atomic E-state index is 12.3. The number of furan rings is 1. The van der Waals surface area contributed by atoms with Crippen LogP contribution in [0.3, 0.4) is 0 Å². The molecule has 1 saturated heterocycles. The number of hydrogen-bond acceptors (Lipinski definition) is 4. The molecule has 5 nitrogen and oxygen atoms in total. The zero-order valence-electron chi connectivity index (χ0n) is 14.9. The molecular formula is C19H27Cl2N3O2. The van der Waals surface area contributed by atoms with Crippen molar-refractivity contribution in [2.45, 2.75) is 38.4 Å². The second kappa shape index (κ2) is 10.6. The molecule has 0 spiro atoms. The highest BCUT2D eigenvalue weighted by molar-refractivity contribution is 5.94. The van der Waals surface area contributed by atoms with Crippen LogP contribution in [0.15, 0.2) is 47.1 Å². The average Bonchev–Trinajstić information content (AvgIpc) is 3.12. The number of nitrogens with one attached hydrogen (secondary N) is 1. The van der Waals surface area contributed by atoms with Crippen molar-refractivity contribution in [3.05, 3.63) is 59.5 Å². The molecule has 3 N–H and O–H groups in total. The van der Waals surface area contributed by atoms with Gasteiger partial charge in [0.15, 0.2) is 0 Å². The minimum absolute atomic E-state index is 0. The first kappa shape index (κ1) is 22.5. The number of nitrogens with two attached hydrogens (primary N) is 1. The highest BCUT2D eigenvalue weighted by Gasteiger charge is 2.25. The average molecular weight is 400 g/mol. The molecule has 0 radical (unpaired) electrons. The van der Waals surface area contributed by atoms with Gasteiger partial charge in [-0.05, 0) is 31.4 Å². The summed E-state index contributed by atoms with van der Waals surface area (Å²) in [7, 11) is 0. The van der Waals surface area contributed by atoms with Gasteiger partial charge in [-0.2, -0.15) is 0 Å². The lowest BCUT2D eigenvalue weighted by Crippen LogP contribution is -2.45. The third-order valence-corrected chi connectivity index (χ3v) is 4.81. The number of halogens is 2. The third-order valence-electron chi connectivity index (χ3n) is 4.81. The molecule has 2 heterocycles. The molecule has 144 valence electrons. The lowest BCUT2D eigenvalue weighted by molar-refractivity contribution is 0.0895. The van der Waals surface area contributed by atoms with Crippen LogP contribution in [0.1, 0.15) is 47.5 Å². The molecule has 1 aliphatic rings. The number of nitrogens with zero attached hydrogens (tertiary/aromatic N) is 1. The van der Waals surface area contributed by atoms with Gasteiger partial charge < -0.3 is 15.5 Å². The lowest BCUT2D eigenvalue weighted by atomic mass is 10.00. The highest BCUT2D eigenvalue weighted by Crippen LogP contribution is 2.24. The first-order valence-electron chi connectivity index (χ1n) is 8.54. The number of rotatable bonds is 5. The van der Waals surface area contributed by atoms with E-state index in [1.165, 1.54) is 11.8 Å². The normalized spacial score (nSPS) is 16.2. The minimum Gasteiger partial charge on any atom is -0.467 e. The fraction of sp³-hybridized carbons (Fsp3) is 0.421. The molecule has 0 bridgehead atoms. The quantitative estimate of drug-likeness (QED) is 0.806. The van der Waals surface area contributed by atoms with Crippen molar-refractivity contribution in [1.82, 2.24) is 10.2 Å². The number of hydrogen-bond donors (Lipinski definition) is 2. The van der Waals surface area contributed by atoms with Gasteiger partial charge in [-0.3, -0.25) is 9.69 Å². The van der Waals surface area contributed by atoms with Gasteiger partial charge >= 0.3 is 0 Å². The van der Waals surface area contributed by atoms with Crippen LogP contribution in [0.4, 0.5) is 0 Å². The van der Waals surface area contributed by atoms with Crippen molar-refractivity contribution < 1.29 is 9.21 Å². The van der Waals surface area contributed by atoms with E-state index in [9.17, 15) is 4.79 Å². The fourth-order valence-corrected chi connectivity index (χ4v) is 3.25.